The lowest BCUT2D eigenvalue weighted by atomic mass is 9.99. The van der Waals surface area contributed by atoms with Crippen LogP contribution in [0.3, 0.4) is 0 Å². The van der Waals surface area contributed by atoms with Crippen molar-refractivity contribution in [2.75, 3.05) is 19.7 Å². The van der Waals surface area contributed by atoms with Gasteiger partial charge in [-0.05, 0) is 58.4 Å². The second-order valence-corrected chi connectivity index (χ2v) is 6.62. The van der Waals surface area contributed by atoms with Crippen LogP contribution >= 0.6 is 12.2 Å². The van der Waals surface area contributed by atoms with Crippen molar-refractivity contribution in [1.29, 1.82) is 0 Å². The number of piperidine rings is 1. The van der Waals surface area contributed by atoms with Crippen molar-refractivity contribution in [3.8, 4) is 0 Å². The Morgan fingerprint density at radius 2 is 2.21 bits per heavy atom. The maximum atomic E-state index is 12.0. The van der Waals surface area contributed by atoms with Crippen LogP contribution in [0.5, 0.6) is 0 Å². The van der Waals surface area contributed by atoms with Crippen molar-refractivity contribution in [3.63, 3.8) is 0 Å². The van der Waals surface area contributed by atoms with Gasteiger partial charge in [-0.2, -0.15) is 4.98 Å². The summed E-state index contributed by atoms with van der Waals surface area (Å²) in [5.41, 5.74) is 1.97. The molecule has 0 radical (unpaired) electrons. The second kappa shape index (κ2) is 6.98. The number of fused-ring (bicyclic) bond motifs is 1. The predicted molar refractivity (Wildman–Crippen MR) is 92.2 cm³/mol. The maximum Gasteiger partial charge on any atom is 0.310 e. The highest BCUT2D eigenvalue weighted by Crippen LogP contribution is 2.19. The molecule has 1 aliphatic heterocycles. The molecule has 0 bridgehead atoms. The van der Waals surface area contributed by atoms with E-state index in [2.05, 4.69) is 14.9 Å². The molecule has 130 valence electrons. The Bertz CT molecular complexity index is 813. The molecular weight excluding hydrogens is 326 g/mol. The molecule has 0 amide bonds. The van der Waals surface area contributed by atoms with Gasteiger partial charge in [-0.25, -0.2) is 14.2 Å². The number of rotatable bonds is 4. The molecule has 0 saturated carbocycles. The van der Waals surface area contributed by atoms with E-state index in [1.165, 1.54) is 0 Å². The summed E-state index contributed by atoms with van der Waals surface area (Å²) in [6, 6.07) is 2.01. The summed E-state index contributed by atoms with van der Waals surface area (Å²) in [5, 5.41) is 0. The largest absolute Gasteiger partial charge is 0.466 e. The van der Waals surface area contributed by atoms with E-state index in [1.54, 1.807) is 0 Å². The van der Waals surface area contributed by atoms with Crippen LogP contribution in [0.2, 0.25) is 0 Å². The van der Waals surface area contributed by atoms with Crippen molar-refractivity contribution in [2.24, 2.45) is 5.92 Å². The molecule has 0 aliphatic carbocycles. The third-order valence-corrected chi connectivity index (χ3v) is 4.64. The van der Waals surface area contributed by atoms with Crippen molar-refractivity contribution < 1.29 is 9.53 Å². The van der Waals surface area contributed by atoms with E-state index in [1.807, 2.05) is 36.0 Å². The van der Waals surface area contributed by atoms with Gasteiger partial charge in [0.05, 0.1) is 19.2 Å². The zero-order valence-corrected chi connectivity index (χ0v) is 15.2. The lowest BCUT2D eigenvalue weighted by molar-refractivity contribution is -0.150. The van der Waals surface area contributed by atoms with Crippen molar-refractivity contribution in [1.82, 2.24) is 24.1 Å². The highest BCUT2D eigenvalue weighted by Gasteiger charge is 2.27. The summed E-state index contributed by atoms with van der Waals surface area (Å²) < 4.78 is 9.57. The van der Waals surface area contributed by atoms with Crippen LogP contribution < -0.4 is 0 Å². The van der Waals surface area contributed by atoms with Crippen LogP contribution in [0.4, 0.5) is 0 Å². The van der Waals surface area contributed by atoms with E-state index in [-0.39, 0.29) is 11.9 Å². The van der Waals surface area contributed by atoms with Gasteiger partial charge in [0.15, 0.2) is 0 Å². The molecule has 0 unspecified atom stereocenters. The van der Waals surface area contributed by atoms with E-state index in [0.29, 0.717) is 30.4 Å². The number of likely N-dealkylation sites (tertiary alicyclic amines) is 1. The number of carbonyl (C=O) groups excluding carboxylic acids is 1. The number of ether oxygens (including phenoxy) is 1. The van der Waals surface area contributed by atoms with Crippen molar-refractivity contribution in [2.45, 2.75) is 40.3 Å². The minimum Gasteiger partial charge on any atom is -0.466 e. The van der Waals surface area contributed by atoms with E-state index >= 15 is 0 Å². The molecule has 0 N–H and O–H groups in total. The molecule has 2 aromatic rings. The van der Waals surface area contributed by atoms with Crippen molar-refractivity contribution >= 4 is 24.0 Å². The quantitative estimate of drug-likeness (QED) is 0.622. The number of nitrogens with zero attached hydrogens (tertiary/aromatic N) is 5. The van der Waals surface area contributed by atoms with E-state index in [9.17, 15) is 4.79 Å². The monoisotopic (exact) mass is 349 g/mol. The zero-order valence-electron chi connectivity index (χ0n) is 14.4. The minimum atomic E-state index is -0.0996. The van der Waals surface area contributed by atoms with Gasteiger partial charge < -0.3 is 4.74 Å². The third-order valence-electron chi connectivity index (χ3n) is 4.33. The van der Waals surface area contributed by atoms with Gasteiger partial charge >= 0.3 is 5.97 Å². The molecule has 3 rings (SSSR count). The molecular formula is C16H23N5O2S. The van der Waals surface area contributed by atoms with Gasteiger partial charge in [0.1, 0.15) is 0 Å². The Balaban J connectivity index is 1.83. The smallest absolute Gasteiger partial charge is 0.310 e. The number of esters is 1. The number of carbonyl (C=O) groups is 1. The van der Waals surface area contributed by atoms with Gasteiger partial charge in [0.25, 0.3) is 5.78 Å². The molecule has 2 aromatic heterocycles. The summed E-state index contributed by atoms with van der Waals surface area (Å²) in [4.78, 5) is 23.1. The average Bonchev–Trinajstić information content (AvgIpc) is 2.83. The lowest BCUT2D eigenvalue weighted by Gasteiger charge is -2.31. The van der Waals surface area contributed by atoms with Crippen LogP contribution in [0.15, 0.2) is 6.07 Å². The molecule has 1 fully saturated rings. The van der Waals surface area contributed by atoms with Crippen LogP contribution in [0.1, 0.15) is 31.2 Å². The summed E-state index contributed by atoms with van der Waals surface area (Å²) in [6.07, 6.45) is 1.86. The Hall–Kier alpha value is -1.80. The van der Waals surface area contributed by atoms with E-state index in [4.69, 9.17) is 17.0 Å². The minimum absolute atomic E-state index is 0.0616. The first-order valence-corrected chi connectivity index (χ1v) is 8.73. The maximum absolute atomic E-state index is 12.0. The first-order chi connectivity index (χ1) is 11.5. The fraction of sp³-hybridized carbons (Fsp3) is 0.625. The Labute approximate surface area is 146 Å². The number of hydrogen-bond donors (Lipinski definition) is 0. The fourth-order valence-electron chi connectivity index (χ4n) is 3.31. The molecule has 1 aliphatic rings. The molecule has 8 heteroatoms. The highest BCUT2D eigenvalue weighted by molar-refractivity contribution is 7.71. The van der Waals surface area contributed by atoms with Crippen LogP contribution in [0.25, 0.3) is 5.78 Å². The van der Waals surface area contributed by atoms with E-state index < -0.39 is 0 Å². The molecule has 0 aromatic carbocycles. The molecule has 7 nitrogen and oxygen atoms in total. The topological polar surface area (TPSA) is 64.7 Å². The third kappa shape index (κ3) is 3.34. The number of aromatic nitrogens is 4. The van der Waals surface area contributed by atoms with Crippen LogP contribution in [-0.2, 0) is 16.2 Å². The van der Waals surface area contributed by atoms with Gasteiger partial charge in [0, 0.05) is 17.9 Å². The summed E-state index contributed by atoms with van der Waals surface area (Å²) in [7, 11) is 0. The number of aryl methyl sites for hydroxylation is 2. The zero-order chi connectivity index (χ0) is 17.3. The lowest BCUT2D eigenvalue weighted by Crippen LogP contribution is -2.40. The average molecular weight is 349 g/mol. The van der Waals surface area contributed by atoms with Crippen LogP contribution in [-0.4, -0.2) is 49.7 Å². The van der Waals surface area contributed by atoms with Gasteiger partial charge in [-0.15, -0.1) is 0 Å². The SMILES string of the molecule is CCOC(=O)[C@H]1CCCN(Cn2c(=S)nc3nc(C)cc(C)n32)C1. The Morgan fingerprint density at radius 3 is 2.96 bits per heavy atom. The van der Waals surface area contributed by atoms with Gasteiger partial charge in [0.2, 0.25) is 4.77 Å². The van der Waals surface area contributed by atoms with Crippen molar-refractivity contribution in [3.05, 3.63) is 22.2 Å². The molecule has 1 atom stereocenters. The molecule has 0 spiro atoms. The molecule has 3 heterocycles. The number of hydrogen-bond acceptors (Lipinski definition) is 6. The van der Waals surface area contributed by atoms with Gasteiger partial charge in [-0.1, -0.05) is 0 Å². The predicted octanol–water partition coefficient (Wildman–Crippen LogP) is 2.11. The first kappa shape index (κ1) is 17.0. The summed E-state index contributed by atoms with van der Waals surface area (Å²) in [6.45, 7) is 8.46. The van der Waals surface area contributed by atoms with E-state index in [0.717, 1.165) is 30.8 Å². The van der Waals surface area contributed by atoms with Crippen LogP contribution in [0, 0.1) is 24.5 Å². The fourth-order valence-corrected chi connectivity index (χ4v) is 3.53. The molecule has 24 heavy (non-hydrogen) atoms. The Morgan fingerprint density at radius 1 is 1.42 bits per heavy atom. The molecule has 1 saturated heterocycles. The Kier molecular flexibility index (Phi) is 4.96. The summed E-state index contributed by atoms with van der Waals surface area (Å²) in [5.74, 6) is 0.461. The second-order valence-electron chi connectivity index (χ2n) is 6.25. The highest BCUT2D eigenvalue weighted by atomic mass is 32.1. The normalized spacial score (nSPS) is 18.9. The first-order valence-electron chi connectivity index (χ1n) is 8.32. The van der Waals surface area contributed by atoms with Gasteiger partial charge in [-0.3, -0.25) is 9.69 Å². The standard InChI is InChI=1S/C16H23N5O2S/c1-4-23-14(22)13-6-5-7-19(9-13)10-20-16(24)18-15-17-11(2)8-12(3)21(15)20/h8,13H,4-7,9-10H2,1-3H3/t13-/m0/s1. The summed E-state index contributed by atoms with van der Waals surface area (Å²) >= 11 is 5.42.